The molecule has 0 saturated carbocycles. The first kappa shape index (κ1) is 20.8. The van der Waals surface area contributed by atoms with Crippen LogP contribution in [-0.4, -0.2) is 17.6 Å². The number of rotatable bonds is 3. The highest BCUT2D eigenvalue weighted by Crippen LogP contribution is 2.39. The summed E-state index contributed by atoms with van der Waals surface area (Å²) in [7, 11) is 0. The van der Waals surface area contributed by atoms with Gasteiger partial charge in [-0.05, 0) is 49.4 Å². The van der Waals surface area contributed by atoms with Gasteiger partial charge in [0.05, 0.1) is 26.9 Å². The van der Waals surface area contributed by atoms with Crippen LogP contribution in [0.2, 0.25) is 15.1 Å². The Morgan fingerprint density at radius 2 is 1.78 bits per heavy atom. The van der Waals surface area contributed by atoms with E-state index < -0.39 is 0 Å². The van der Waals surface area contributed by atoms with Crippen LogP contribution in [-0.2, 0) is 16.1 Å². The lowest BCUT2D eigenvalue weighted by molar-refractivity contribution is -0.114. The third-order valence-electron chi connectivity index (χ3n) is 5.14. The maximum atomic E-state index is 13.1. The predicted octanol–water partition coefficient (Wildman–Crippen LogP) is 6.38. The number of fused-ring (bicyclic) bond motifs is 1. The van der Waals surface area contributed by atoms with Crippen LogP contribution in [0.4, 0.5) is 5.69 Å². The van der Waals surface area contributed by atoms with Gasteiger partial charge in [-0.15, -0.1) is 0 Å². The first-order chi connectivity index (χ1) is 15.3. The minimum Gasteiger partial charge on any atom is -0.457 e. The number of carbonyl (C=O) groups is 2. The third-order valence-corrected chi connectivity index (χ3v) is 5.93. The number of benzene rings is 2. The van der Waals surface area contributed by atoms with Crippen LogP contribution in [0.1, 0.15) is 28.6 Å². The standard InChI is InChI=1S/C23H13Cl3N2O4/c1-11-17(22(29)28(27-11)21-18(25)7-14(24)8-19(21)26)9-15-3-5-20(32-15)12-2-4-16-13(6-12)10-31-23(16)30/h2-9H,10H2,1H3/b17-9-. The Hall–Kier alpha value is -3.06. The number of anilines is 1. The van der Waals surface area contributed by atoms with Crippen molar-refractivity contribution in [3.8, 4) is 11.3 Å². The zero-order chi connectivity index (χ0) is 22.6. The summed E-state index contributed by atoms with van der Waals surface area (Å²) < 4.78 is 11.0. The summed E-state index contributed by atoms with van der Waals surface area (Å²) in [6, 6.07) is 11.9. The van der Waals surface area contributed by atoms with E-state index in [1.54, 1.807) is 37.3 Å². The van der Waals surface area contributed by atoms with Gasteiger partial charge in [0.2, 0.25) is 0 Å². The van der Waals surface area contributed by atoms with Crippen LogP contribution in [0.15, 0.2) is 57.6 Å². The van der Waals surface area contributed by atoms with Crippen molar-refractivity contribution < 1.29 is 18.7 Å². The van der Waals surface area contributed by atoms with Gasteiger partial charge in [0.1, 0.15) is 23.8 Å². The smallest absolute Gasteiger partial charge is 0.338 e. The van der Waals surface area contributed by atoms with Crippen LogP contribution in [0.5, 0.6) is 0 Å². The van der Waals surface area contributed by atoms with Gasteiger partial charge < -0.3 is 9.15 Å². The number of esters is 1. The molecule has 5 rings (SSSR count). The second kappa shape index (κ2) is 7.81. The van der Waals surface area contributed by atoms with Crippen molar-refractivity contribution in [2.24, 2.45) is 5.10 Å². The van der Waals surface area contributed by atoms with Gasteiger partial charge in [-0.1, -0.05) is 40.9 Å². The van der Waals surface area contributed by atoms with Gasteiger partial charge in [-0.2, -0.15) is 10.1 Å². The Morgan fingerprint density at radius 3 is 2.53 bits per heavy atom. The predicted molar refractivity (Wildman–Crippen MR) is 123 cm³/mol. The molecule has 0 unspecified atom stereocenters. The van der Waals surface area contributed by atoms with Gasteiger partial charge in [0.15, 0.2) is 0 Å². The number of cyclic esters (lactones) is 1. The molecule has 9 heteroatoms. The van der Waals surface area contributed by atoms with Gasteiger partial charge in [0, 0.05) is 16.1 Å². The Kier molecular flexibility index (Phi) is 5.08. The molecular formula is C23H13Cl3N2O4. The quantitative estimate of drug-likeness (QED) is 0.317. The highest BCUT2D eigenvalue weighted by Gasteiger charge is 2.32. The van der Waals surface area contributed by atoms with Crippen molar-refractivity contribution >= 4 is 64.2 Å². The number of nitrogens with zero attached hydrogens (tertiary/aromatic N) is 2. The number of hydrogen-bond donors (Lipinski definition) is 0. The van der Waals surface area contributed by atoms with Crippen molar-refractivity contribution in [3.05, 3.63) is 80.0 Å². The summed E-state index contributed by atoms with van der Waals surface area (Å²) in [6.07, 6.45) is 1.61. The average Bonchev–Trinajstić information content (AvgIpc) is 3.42. The Morgan fingerprint density at radius 1 is 1.03 bits per heavy atom. The number of hydrogen-bond acceptors (Lipinski definition) is 5. The fraction of sp³-hybridized carbons (Fsp3) is 0.0870. The first-order valence-corrected chi connectivity index (χ1v) is 10.6. The van der Waals surface area contributed by atoms with E-state index in [2.05, 4.69) is 5.10 Å². The second-order valence-corrected chi connectivity index (χ2v) is 8.48. The van der Waals surface area contributed by atoms with E-state index in [1.165, 1.54) is 12.1 Å². The van der Waals surface area contributed by atoms with Crippen molar-refractivity contribution in [1.29, 1.82) is 0 Å². The van der Waals surface area contributed by atoms with Gasteiger partial charge in [-0.25, -0.2) is 4.79 Å². The molecule has 0 atom stereocenters. The number of amides is 1. The molecule has 6 nitrogen and oxygen atoms in total. The van der Waals surface area contributed by atoms with E-state index >= 15 is 0 Å². The third kappa shape index (κ3) is 3.50. The normalized spacial score (nSPS) is 16.6. The Labute approximate surface area is 197 Å². The highest BCUT2D eigenvalue weighted by molar-refractivity contribution is 6.44. The van der Waals surface area contributed by atoms with Crippen LogP contribution in [0.25, 0.3) is 17.4 Å². The molecule has 0 spiro atoms. The highest BCUT2D eigenvalue weighted by atomic mass is 35.5. The van der Waals surface area contributed by atoms with Crippen LogP contribution in [0, 0.1) is 0 Å². The summed E-state index contributed by atoms with van der Waals surface area (Å²) in [5, 5.41) is 6.26. The molecule has 2 aliphatic rings. The van der Waals surface area contributed by atoms with Crippen LogP contribution >= 0.6 is 34.8 Å². The van der Waals surface area contributed by atoms with Crippen molar-refractivity contribution in [1.82, 2.24) is 0 Å². The maximum Gasteiger partial charge on any atom is 0.338 e. The molecule has 0 aliphatic carbocycles. The monoisotopic (exact) mass is 486 g/mol. The number of ether oxygens (including phenoxy) is 1. The molecule has 32 heavy (non-hydrogen) atoms. The number of hydrazone groups is 1. The lowest BCUT2D eigenvalue weighted by Gasteiger charge is -2.15. The molecule has 2 aliphatic heterocycles. The summed E-state index contributed by atoms with van der Waals surface area (Å²) >= 11 is 18.5. The summed E-state index contributed by atoms with van der Waals surface area (Å²) in [4.78, 5) is 24.7. The molecule has 3 heterocycles. The SMILES string of the molecule is CC1=NN(c2c(Cl)cc(Cl)cc2Cl)C(=O)/C1=C\c1ccc(-c2ccc3c(c2)COC3=O)o1. The molecule has 1 amide bonds. The van der Waals surface area contributed by atoms with Gasteiger partial charge in [-0.3, -0.25) is 4.79 Å². The molecule has 0 radical (unpaired) electrons. The Bertz CT molecular complexity index is 1350. The summed E-state index contributed by atoms with van der Waals surface area (Å²) in [5.74, 6) is 0.358. The average molecular weight is 488 g/mol. The molecule has 0 bridgehead atoms. The first-order valence-electron chi connectivity index (χ1n) is 9.48. The van der Waals surface area contributed by atoms with Crippen LogP contribution < -0.4 is 5.01 Å². The van der Waals surface area contributed by atoms with Crippen LogP contribution in [0.3, 0.4) is 0 Å². The minimum atomic E-state index is -0.389. The number of carbonyl (C=O) groups excluding carboxylic acids is 2. The second-order valence-electron chi connectivity index (χ2n) is 7.23. The molecule has 3 aromatic rings. The molecule has 1 aromatic heterocycles. The molecule has 0 saturated heterocycles. The van der Waals surface area contributed by atoms with E-state index in [4.69, 9.17) is 44.0 Å². The lowest BCUT2D eigenvalue weighted by Crippen LogP contribution is -2.22. The van der Waals surface area contributed by atoms with E-state index in [0.717, 1.165) is 16.1 Å². The molecule has 0 fully saturated rings. The fourth-order valence-corrected chi connectivity index (χ4v) is 4.56. The largest absolute Gasteiger partial charge is 0.457 e. The molecule has 160 valence electrons. The zero-order valence-corrected chi connectivity index (χ0v) is 18.8. The number of furan rings is 1. The van der Waals surface area contributed by atoms with Gasteiger partial charge in [0.25, 0.3) is 5.91 Å². The maximum absolute atomic E-state index is 13.1. The van der Waals surface area contributed by atoms with Crippen molar-refractivity contribution in [2.75, 3.05) is 5.01 Å². The van der Waals surface area contributed by atoms with Crippen molar-refractivity contribution in [2.45, 2.75) is 13.5 Å². The summed E-state index contributed by atoms with van der Waals surface area (Å²) in [6.45, 7) is 1.96. The zero-order valence-electron chi connectivity index (χ0n) is 16.5. The lowest BCUT2D eigenvalue weighted by atomic mass is 10.0. The Balaban J connectivity index is 1.45. The topological polar surface area (TPSA) is 72.1 Å². The summed E-state index contributed by atoms with van der Waals surface area (Å²) in [5.41, 5.74) is 3.27. The number of halogens is 3. The molecule has 0 N–H and O–H groups in total. The molecule has 2 aromatic carbocycles. The van der Waals surface area contributed by atoms with Gasteiger partial charge >= 0.3 is 5.97 Å². The molecular weight excluding hydrogens is 475 g/mol. The van der Waals surface area contributed by atoms with E-state index in [-0.39, 0.29) is 34.2 Å². The van der Waals surface area contributed by atoms with Crippen molar-refractivity contribution in [3.63, 3.8) is 0 Å². The fourth-order valence-electron chi connectivity index (χ4n) is 3.59. The minimum absolute atomic E-state index is 0.216. The van der Waals surface area contributed by atoms with E-state index in [9.17, 15) is 9.59 Å². The van der Waals surface area contributed by atoms with E-state index in [1.807, 2.05) is 6.07 Å². The van der Waals surface area contributed by atoms with E-state index in [0.29, 0.717) is 33.4 Å².